The van der Waals surface area contributed by atoms with E-state index in [0.717, 1.165) is 26.5 Å². The summed E-state index contributed by atoms with van der Waals surface area (Å²) in [6.07, 6.45) is 0.256. The van der Waals surface area contributed by atoms with E-state index in [1.807, 2.05) is 12.1 Å². The van der Waals surface area contributed by atoms with Crippen molar-refractivity contribution in [1.82, 2.24) is 14.8 Å². The highest BCUT2D eigenvalue weighted by atomic mass is 32.1. The summed E-state index contributed by atoms with van der Waals surface area (Å²) in [5, 5.41) is 1.05. The lowest BCUT2D eigenvalue weighted by Crippen LogP contribution is -2.62. The number of likely N-dealkylation sites (tertiary alicyclic amines) is 1. The van der Waals surface area contributed by atoms with Crippen molar-refractivity contribution < 1.29 is 19.1 Å². The molecule has 0 spiro atoms. The van der Waals surface area contributed by atoms with Crippen molar-refractivity contribution in [2.24, 2.45) is 0 Å². The van der Waals surface area contributed by atoms with Crippen LogP contribution in [0.1, 0.15) is 22.3 Å². The maximum atomic E-state index is 12.6. The lowest BCUT2D eigenvalue weighted by Gasteiger charge is -2.41. The van der Waals surface area contributed by atoms with Gasteiger partial charge in [-0.15, -0.1) is 11.3 Å². The number of fused-ring (bicyclic) bond motifs is 1. The number of carbonyl (C=O) groups is 3. The van der Waals surface area contributed by atoms with Crippen LogP contribution in [0.15, 0.2) is 18.2 Å². The Morgan fingerprint density at radius 2 is 2.17 bits per heavy atom. The Balaban J connectivity index is 1.47. The van der Waals surface area contributed by atoms with Crippen LogP contribution >= 0.6 is 11.3 Å². The van der Waals surface area contributed by atoms with E-state index in [1.54, 1.807) is 22.3 Å². The smallest absolute Gasteiger partial charge is 0.417 e. The standard InChI is InChI=1S/C16H15N3O4S/c1-2-13-17-11-4-3-9(5-12(11)24-13)15(21)18-6-10(7-18)19-14(20)8-23-16(19)22/h3-5,10H,2,6-8H2,1H3. The number of aromatic nitrogens is 1. The first-order valence-corrected chi connectivity index (χ1v) is 8.56. The summed E-state index contributed by atoms with van der Waals surface area (Å²) in [6.45, 7) is 2.54. The van der Waals surface area contributed by atoms with Gasteiger partial charge < -0.3 is 9.64 Å². The Morgan fingerprint density at radius 1 is 1.38 bits per heavy atom. The number of amides is 3. The first-order valence-electron chi connectivity index (χ1n) is 7.74. The van der Waals surface area contributed by atoms with E-state index >= 15 is 0 Å². The molecule has 0 atom stereocenters. The molecule has 0 aliphatic carbocycles. The highest BCUT2D eigenvalue weighted by Crippen LogP contribution is 2.26. The quantitative estimate of drug-likeness (QED) is 0.845. The number of carbonyl (C=O) groups excluding carboxylic acids is 3. The third-order valence-corrected chi connectivity index (χ3v) is 5.44. The molecule has 4 rings (SSSR count). The number of cyclic esters (lactones) is 1. The van der Waals surface area contributed by atoms with Crippen LogP contribution in [0, 0.1) is 0 Å². The maximum absolute atomic E-state index is 12.6. The summed E-state index contributed by atoms with van der Waals surface area (Å²) in [7, 11) is 0. The molecule has 3 heterocycles. The summed E-state index contributed by atoms with van der Waals surface area (Å²) in [5.41, 5.74) is 1.50. The summed E-state index contributed by atoms with van der Waals surface area (Å²) in [5.74, 6) is -0.435. The minimum absolute atomic E-state index is 0.0976. The highest BCUT2D eigenvalue weighted by Gasteiger charge is 2.44. The second kappa shape index (κ2) is 5.55. The van der Waals surface area contributed by atoms with Crippen LogP contribution in [0.5, 0.6) is 0 Å². The van der Waals surface area contributed by atoms with Crippen LogP contribution in [-0.2, 0) is 16.0 Å². The molecule has 3 amide bonds. The van der Waals surface area contributed by atoms with Crippen LogP contribution in [0.3, 0.4) is 0 Å². The molecule has 24 heavy (non-hydrogen) atoms. The topological polar surface area (TPSA) is 79.8 Å². The van der Waals surface area contributed by atoms with Crippen molar-refractivity contribution in [1.29, 1.82) is 0 Å². The molecule has 7 nitrogen and oxygen atoms in total. The lowest BCUT2D eigenvalue weighted by molar-refractivity contribution is -0.129. The molecule has 8 heteroatoms. The lowest BCUT2D eigenvalue weighted by atomic mass is 10.0. The average molecular weight is 345 g/mol. The van der Waals surface area contributed by atoms with E-state index in [2.05, 4.69) is 11.9 Å². The molecule has 0 N–H and O–H groups in total. The molecule has 2 aliphatic rings. The van der Waals surface area contributed by atoms with Crippen LogP contribution in [0.25, 0.3) is 10.2 Å². The first kappa shape index (κ1) is 15.1. The fraction of sp³-hybridized carbons (Fsp3) is 0.375. The SMILES string of the molecule is CCc1nc2ccc(C(=O)N3CC(N4C(=O)COC4=O)C3)cc2s1. The van der Waals surface area contributed by atoms with Crippen molar-refractivity contribution in [3.05, 3.63) is 28.8 Å². The van der Waals surface area contributed by atoms with Crippen LogP contribution in [0.4, 0.5) is 4.79 Å². The van der Waals surface area contributed by atoms with Crippen molar-refractivity contribution in [3.8, 4) is 0 Å². The van der Waals surface area contributed by atoms with Gasteiger partial charge in [0.1, 0.15) is 0 Å². The monoisotopic (exact) mass is 345 g/mol. The summed E-state index contributed by atoms with van der Waals surface area (Å²) >= 11 is 1.59. The summed E-state index contributed by atoms with van der Waals surface area (Å²) in [4.78, 5) is 42.9. The number of rotatable bonds is 3. The van der Waals surface area contributed by atoms with E-state index in [4.69, 9.17) is 4.74 Å². The molecule has 2 aromatic rings. The molecule has 2 aliphatic heterocycles. The van der Waals surface area contributed by atoms with Gasteiger partial charge in [0.25, 0.3) is 11.8 Å². The van der Waals surface area contributed by atoms with Crippen molar-refractivity contribution in [3.63, 3.8) is 0 Å². The van der Waals surface area contributed by atoms with Crippen molar-refractivity contribution >= 4 is 39.5 Å². The minimum atomic E-state index is -0.615. The molecule has 2 saturated heterocycles. The number of hydrogen-bond acceptors (Lipinski definition) is 6. The Bertz CT molecular complexity index is 840. The molecule has 124 valence electrons. The number of hydrogen-bond donors (Lipinski definition) is 0. The molecular formula is C16H15N3O4S. The van der Waals surface area contributed by atoms with E-state index < -0.39 is 6.09 Å². The Morgan fingerprint density at radius 3 is 2.83 bits per heavy atom. The normalized spacial score (nSPS) is 18.2. The van der Waals surface area contributed by atoms with Gasteiger partial charge in [-0.25, -0.2) is 14.7 Å². The number of ether oxygens (including phenoxy) is 1. The van der Waals surface area contributed by atoms with Crippen LogP contribution in [-0.4, -0.2) is 58.4 Å². The Labute approximate surface area is 141 Å². The zero-order valence-electron chi connectivity index (χ0n) is 13.0. The fourth-order valence-electron chi connectivity index (χ4n) is 2.94. The third-order valence-electron chi connectivity index (χ3n) is 4.28. The van der Waals surface area contributed by atoms with Crippen LogP contribution in [0.2, 0.25) is 0 Å². The Hall–Kier alpha value is -2.48. The predicted octanol–water partition coefficient (Wildman–Crippen LogP) is 1.66. The van der Waals surface area contributed by atoms with Gasteiger partial charge in [0.05, 0.1) is 21.3 Å². The number of aryl methyl sites for hydroxylation is 1. The number of imide groups is 1. The van der Waals surface area contributed by atoms with Gasteiger partial charge in [-0.2, -0.15) is 0 Å². The number of thiazole rings is 1. The maximum Gasteiger partial charge on any atom is 0.417 e. The number of nitrogens with zero attached hydrogens (tertiary/aromatic N) is 3. The van der Waals surface area contributed by atoms with Gasteiger partial charge in [-0.1, -0.05) is 6.92 Å². The molecular weight excluding hydrogens is 330 g/mol. The molecule has 0 unspecified atom stereocenters. The van der Waals surface area contributed by atoms with Gasteiger partial charge in [0.2, 0.25) is 0 Å². The minimum Gasteiger partial charge on any atom is -0.439 e. The molecule has 0 bridgehead atoms. The van der Waals surface area contributed by atoms with E-state index in [9.17, 15) is 14.4 Å². The first-order chi connectivity index (χ1) is 11.6. The predicted molar refractivity (Wildman–Crippen MR) is 86.9 cm³/mol. The average Bonchev–Trinajstić information content (AvgIpc) is 3.09. The molecule has 0 saturated carbocycles. The molecule has 2 fully saturated rings. The van der Waals surface area contributed by atoms with Gasteiger partial charge >= 0.3 is 6.09 Å². The highest BCUT2D eigenvalue weighted by molar-refractivity contribution is 7.18. The van der Waals surface area contributed by atoms with Crippen molar-refractivity contribution in [2.45, 2.75) is 19.4 Å². The zero-order chi connectivity index (χ0) is 16.8. The molecule has 1 aromatic carbocycles. The van der Waals surface area contributed by atoms with Gasteiger partial charge in [-0.05, 0) is 24.6 Å². The van der Waals surface area contributed by atoms with E-state index in [1.165, 1.54) is 0 Å². The largest absolute Gasteiger partial charge is 0.439 e. The van der Waals surface area contributed by atoms with Gasteiger partial charge in [-0.3, -0.25) is 9.59 Å². The van der Waals surface area contributed by atoms with Gasteiger partial charge in [0, 0.05) is 18.7 Å². The summed E-state index contributed by atoms with van der Waals surface area (Å²) < 4.78 is 5.70. The third kappa shape index (κ3) is 2.34. The number of benzene rings is 1. The van der Waals surface area contributed by atoms with Crippen molar-refractivity contribution in [2.75, 3.05) is 19.7 Å². The Kier molecular flexibility index (Phi) is 3.49. The van der Waals surface area contributed by atoms with Gasteiger partial charge in [0.15, 0.2) is 6.61 Å². The van der Waals surface area contributed by atoms with Crippen LogP contribution < -0.4 is 0 Å². The second-order valence-electron chi connectivity index (χ2n) is 5.83. The van der Waals surface area contributed by atoms with E-state index in [0.29, 0.717) is 18.7 Å². The fourth-order valence-corrected chi connectivity index (χ4v) is 3.89. The summed E-state index contributed by atoms with van der Waals surface area (Å²) in [6, 6.07) is 5.20. The second-order valence-corrected chi connectivity index (χ2v) is 6.94. The molecule has 1 aromatic heterocycles. The molecule has 0 radical (unpaired) electrons. The van der Waals surface area contributed by atoms with E-state index in [-0.39, 0.29) is 24.5 Å². The zero-order valence-corrected chi connectivity index (χ0v) is 13.8.